The third-order valence-electron chi connectivity index (χ3n) is 3.01. The van der Waals surface area contributed by atoms with Gasteiger partial charge < -0.3 is 0 Å². The molecule has 6 heteroatoms. The average Bonchev–Trinajstić information content (AvgIpc) is 2.51. The van der Waals surface area contributed by atoms with E-state index < -0.39 is 0 Å². The van der Waals surface area contributed by atoms with Crippen LogP contribution in [-0.4, -0.2) is 19.7 Å². The third kappa shape index (κ3) is 2.28. The fourth-order valence-corrected chi connectivity index (χ4v) is 2.26. The van der Waals surface area contributed by atoms with Gasteiger partial charge in [-0.3, -0.25) is 9.36 Å². The zero-order valence-corrected chi connectivity index (χ0v) is 11.3. The highest BCUT2D eigenvalue weighted by atomic mass is 35.5. The number of fused-ring (bicyclic) bond motifs is 1. The predicted octanol–water partition coefficient (Wildman–Crippen LogP) is 1.97. The van der Waals surface area contributed by atoms with E-state index in [0.29, 0.717) is 29.0 Å². The molecule has 0 unspecified atom stereocenters. The van der Waals surface area contributed by atoms with Crippen LogP contribution in [0.25, 0.3) is 10.9 Å². The molecule has 0 amide bonds. The second kappa shape index (κ2) is 5.38. The summed E-state index contributed by atoms with van der Waals surface area (Å²) in [6.45, 7) is 0.312. The maximum absolute atomic E-state index is 12.5. The molecule has 0 saturated carbocycles. The Kier molecular flexibility index (Phi) is 3.43. The summed E-state index contributed by atoms with van der Waals surface area (Å²) in [6, 6.07) is 10.8. The maximum Gasteiger partial charge on any atom is 0.261 e. The normalized spacial score (nSPS) is 10.8. The Morgan fingerprint density at radius 2 is 2.00 bits per heavy atom. The van der Waals surface area contributed by atoms with Crippen LogP contribution in [0.15, 0.2) is 47.4 Å². The zero-order valence-electron chi connectivity index (χ0n) is 10.5. The lowest BCUT2D eigenvalue weighted by molar-refractivity contribution is 0.681. The summed E-state index contributed by atoms with van der Waals surface area (Å²) in [5.74, 6) is 0.696. The molecule has 0 N–H and O–H groups in total. The van der Waals surface area contributed by atoms with Crippen molar-refractivity contribution in [2.24, 2.45) is 0 Å². The van der Waals surface area contributed by atoms with Gasteiger partial charge in [-0.1, -0.05) is 12.1 Å². The van der Waals surface area contributed by atoms with Crippen molar-refractivity contribution in [2.75, 3.05) is 0 Å². The van der Waals surface area contributed by atoms with Crippen LogP contribution in [0.1, 0.15) is 11.5 Å². The van der Waals surface area contributed by atoms with Crippen molar-refractivity contribution in [3.8, 4) is 0 Å². The fraction of sp³-hybridized carbons (Fsp3) is 0.143. The second-order valence-electron chi connectivity index (χ2n) is 4.29. The second-order valence-corrected chi connectivity index (χ2v) is 4.55. The Morgan fingerprint density at radius 1 is 1.15 bits per heavy atom. The molecule has 0 aliphatic heterocycles. The van der Waals surface area contributed by atoms with E-state index in [2.05, 4.69) is 15.2 Å². The Labute approximate surface area is 119 Å². The molecule has 0 bridgehead atoms. The molecular weight excluding hydrogens is 276 g/mol. The molecule has 2 heterocycles. The molecule has 0 aliphatic carbocycles. The van der Waals surface area contributed by atoms with E-state index in [1.165, 1.54) is 0 Å². The molecular formula is C14H11ClN4O. The Morgan fingerprint density at radius 3 is 2.75 bits per heavy atom. The van der Waals surface area contributed by atoms with Crippen molar-refractivity contribution in [1.82, 2.24) is 19.7 Å². The average molecular weight is 287 g/mol. The summed E-state index contributed by atoms with van der Waals surface area (Å²) in [5, 5.41) is 8.37. The van der Waals surface area contributed by atoms with Crippen LogP contribution < -0.4 is 5.56 Å². The van der Waals surface area contributed by atoms with E-state index in [0.717, 1.165) is 0 Å². The minimum atomic E-state index is -0.114. The van der Waals surface area contributed by atoms with Crippen LogP contribution >= 0.6 is 11.6 Å². The maximum atomic E-state index is 12.5. The van der Waals surface area contributed by atoms with Gasteiger partial charge in [0.2, 0.25) is 0 Å². The van der Waals surface area contributed by atoms with Gasteiger partial charge in [-0.15, -0.1) is 11.6 Å². The van der Waals surface area contributed by atoms with E-state index in [-0.39, 0.29) is 11.4 Å². The highest BCUT2D eigenvalue weighted by Crippen LogP contribution is 2.10. The number of alkyl halides is 1. The summed E-state index contributed by atoms with van der Waals surface area (Å²) >= 11 is 5.91. The van der Waals surface area contributed by atoms with Gasteiger partial charge in [0.25, 0.3) is 5.56 Å². The number of aromatic nitrogens is 4. The molecule has 5 nitrogen and oxygen atoms in total. The first-order valence-electron chi connectivity index (χ1n) is 6.10. The monoisotopic (exact) mass is 286 g/mol. The lowest BCUT2D eigenvalue weighted by atomic mass is 10.2. The standard InChI is InChI=1S/C14H11ClN4O/c15-8-13-17-12-6-2-1-5-11(12)14(20)19(13)9-10-4-3-7-16-18-10/h1-7H,8-9H2. The molecule has 100 valence electrons. The summed E-state index contributed by atoms with van der Waals surface area (Å²) in [7, 11) is 0. The summed E-state index contributed by atoms with van der Waals surface area (Å²) < 4.78 is 1.54. The Balaban J connectivity index is 2.18. The number of nitrogens with zero attached hydrogens (tertiary/aromatic N) is 4. The largest absolute Gasteiger partial charge is 0.289 e. The summed E-state index contributed by atoms with van der Waals surface area (Å²) in [4.78, 5) is 17.0. The predicted molar refractivity (Wildman–Crippen MR) is 76.7 cm³/mol. The van der Waals surface area contributed by atoms with Gasteiger partial charge in [0.1, 0.15) is 5.82 Å². The molecule has 3 rings (SSSR count). The van der Waals surface area contributed by atoms with E-state index in [1.807, 2.05) is 18.2 Å². The lowest BCUT2D eigenvalue weighted by Crippen LogP contribution is -2.25. The number of hydrogen-bond donors (Lipinski definition) is 0. The Bertz CT molecular complexity index is 801. The topological polar surface area (TPSA) is 60.7 Å². The highest BCUT2D eigenvalue weighted by Gasteiger charge is 2.10. The molecule has 3 aromatic rings. The van der Waals surface area contributed by atoms with Crippen LogP contribution in [0.4, 0.5) is 0 Å². The van der Waals surface area contributed by atoms with Gasteiger partial charge in [0.15, 0.2) is 0 Å². The van der Waals surface area contributed by atoms with Crippen LogP contribution in [0.2, 0.25) is 0 Å². The quantitative estimate of drug-likeness (QED) is 0.691. The molecule has 0 fully saturated rings. The first-order valence-corrected chi connectivity index (χ1v) is 6.64. The third-order valence-corrected chi connectivity index (χ3v) is 3.25. The van der Waals surface area contributed by atoms with Gasteiger partial charge in [-0.25, -0.2) is 4.98 Å². The molecule has 0 radical (unpaired) electrons. The van der Waals surface area contributed by atoms with Gasteiger partial charge in [0, 0.05) is 6.20 Å². The van der Waals surface area contributed by atoms with Crippen molar-refractivity contribution in [1.29, 1.82) is 0 Å². The number of benzene rings is 1. The number of halogens is 1. The molecule has 0 atom stereocenters. The van der Waals surface area contributed by atoms with Crippen LogP contribution in [0.3, 0.4) is 0 Å². The van der Waals surface area contributed by atoms with E-state index in [4.69, 9.17) is 11.6 Å². The first kappa shape index (κ1) is 12.7. The molecule has 0 spiro atoms. The zero-order chi connectivity index (χ0) is 13.9. The first-order chi connectivity index (χ1) is 9.79. The fourth-order valence-electron chi connectivity index (χ4n) is 2.06. The van der Waals surface area contributed by atoms with Crippen molar-refractivity contribution in [3.05, 3.63) is 64.5 Å². The van der Waals surface area contributed by atoms with Gasteiger partial charge in [0.05, 0.1) is 29.0 Å². The SMILES string of the molecule is O=c1c2ccccc2nc(CCl)n1Cc1cccnn1. The molecule has 0 saturated heterocycles. The molecule has 20 heavy (non-hydrogen) atoms. The van der Waals surface area contributed by atoms with Crippen molar-refractivity contribution in [3.63, 3.8) is 0 Å². The summed E-state index contributed by atoms with van der Waals surface area (Å²) in [5.41, 5.74) is 1.23. The smallest absolute Gasteiger partial charge is 0.261 e. The van der Waals surface area contributed by atoms with Crippen molar-refractivity contribution < 1.29 is 0 Å². The molecule has 0 aliphatic rings. The van der Waals surface area contributed by atoms with E-state index in [9.17, 15) is 4.79 Å². The van der Waals surface area contributed by atoms with Crippen molar-refractivity contribution >= 4 is 22.5 Å². The van der Waals surface area contributed by atoms with Crippen LogP contribution in [0, 0.1) is 0 Å². The lowest BCUT2D eigenvalue weighted by Gasteiger charge is -2.11. The van der Waals surface area contributed by atoms with Crippen LogP contribution in [0.5, 0.6) is 0 Å². The summed E-state index contributed by atoms with van der Waals surface area (Å²) in [6.07, 6.45) is 1.59. The van der Waals surface area contributed by atoms with Crippen LogP contribution in [-0.2, 0) is 12.4 Å². The minimum absolute atomic E-state index is 0.114. The van der Waals surface area contributed by atoms with Gasteiger partial charge >= 0.3 is 0 Å². The number of para-hydroxylation sites is 1. The molecule has 2 aromatic heterocycles. The number of rotatable bonds is 3. The Hall–Kier alpha value is -2.27. The number of hydrogen-bond acceptors (Lipinski definition) is 4. The van der Waals surface area contributed by atoms with Crippen molar-refractivity contribution in [2.45, 2.75) is 12.4 Å². The molecule has 1 aromatic carbocycles. The van der Waals surface area contributed by atoms with E-state index >= 15 is 0 Å². The van der Waals surface area contributed by atoms with Gasteiger partial charge in [-0.05, 0) is 24.3 Å². The minimum Gasteiger partial charge on any atom is -0.289 e. The van der Waals surface area contributed by atoms with E-state index in [1.54, 1.807) is 29.0 Å². The van der Waals surface area contributed by atoms with Gasteiger partial charge in [-0.2, -0.15) is 10.2 Å². The highest BCUT2D eigenvalue weighted by molar-refractivity contribution is 6.16.